The van der Waals surface area contributed by atoms with Gasteiger partial charge in [0.05, 0.1) is 17.8 Å². The minimum Gasteiger partial charge on any atom is -0.364 e. The number of nitrogens with zero attached hydrogens (tertiary/aromatic N) is 2. The SMILES string of the molecule is CC1(O)CC(=Nc2ccccc2)N(c2ccccc2)O1. The number of para-hydroxylation sites is 2. The summed E-state index contributed by atoms with van der Waals surface area (Å²) in [6.45, 7) is 1.64. The fourth-order valence-corrected chi connectivity index (χ4v) is 2.15. The van der Waals surface area contributed by atoms with E-state index in [0.717, 1.165) is 11.4 Å². The lowest BCUT2D eigenvalue weighted by molar-refractivity contribution is -0.163. The van der Waals surface area contributed by atoms with Crippen molar-refractivity contribution in [2.45, 2.75) is 19.1 Å². The molecule has 2 aromatic rings. The Balaban J connectivity index is 1.97. The molecular weight excluding hydrogens is 252 g/mol. The zero-order valence-electron chi connectivity index (χ0n) is 11.2. The van der Waals surface area contributed by atoms with Gasteiger partial charge in [-0.25, -0.2) is 14.9 Å². The summed E-state index contributed by atoms with van der Waals surface area (Å²) in [6.07, 6.45) is 0.344. The number of amidine groups is 1. The summed E-state index contributed by atoms with van der Waals surface area (Å²) in [4.78, 5) is 10.1. The lowest BCUT2D eigenvalue weighted by Crippen LogP contribution is -2.27. The van der Waals surface area contributed by atoms with Crippen LogP contribution in [0.15, 0.2) is 65.7 Å². The highest BCUT2D eigenvalue weighted by molar-refractivity contribution is 5.99. The standard InChI is InChI=1S/C16H16N2O2/c1-16(19)12-15(17-13-8-4-2-5-9-13)18(20-16)14-10-6-3-7-11-14/h2-11,19H,12H2,1H3. The molecule has 1 fully saturated rings. The van der Waals surface area contributed by atoms with Crippen LogP contribution in [-0.2, 0) is 4.84 Å². The van der Waals surface area contributed by atoms with Crippen molar-refractivity contribution in [3.63, 3.8) is 0 Å². The van der Waals surface area contributed by atoms with Crippen molar-refractivity contribution >= 4 is 17.2 Å². The van der Waals surface area contributed by atoms with Gasteiger partial charge < -0.3 is 5.11 Å². The monoisotopic (exact) mass is 268 g/mol. The van der Waals surface area contributed by atoms with Gasteiger partial charge in [0.15, 0.2) is 5.79 Å². The Hall–Kier alpha value is -2.17. The van der Waals surface area contributed by atoms with E-state index in [1.807, 2.05) is 60.7 Å². The summed E-state index contributed by atoms with van der Waals surface area (Å²) in [5, 5.41) is 11.7. The van der Waals surface area contributed by atoms with Crippen LogP contribution < -0.4 is 5.06 Å². The Morgan fingerprint density at radius 1 is 1.05 bits per heavy atom. The molecule has 0 aromatic heterocycles. The van der Waals surface area contributed by atoms with Crippen molar-refractivity contribution in [2.24, 2.45) is 4.99 Å². The van der Waals surface area contributed by atoms with E-state index in [1.165, 1.54) is 0 Å². The number of anilines is 1. The largest absolute Gasteiger partial charge is 0.364 e. The molecule has 102 valence electrons. The minimum absolute atomic E-state index is 0.344. The third-order valence-corrected chi connectivity index (χ3v) is 3.01. The van der Waals surface area contributed by atoms with Gasteiger partial charge in [-0.2, -0.15) is 0 Å². The number of benzene rings is 2. The summed E-state index contributed by atoms with van der Waals surface area (Å²) in [5.41, 5.74) is 1.68. The highest BCUT2D eigenvalue weighted by atomic mass is 16.8. The Morgan fingerprint density at radius 2 is 1.65 bits per heavy atom. The molecule has 1 aliphatic rings. The Bertz CT molecular complexity index is 609. The third-order valence-electron chi connectivity index (χ3n) is 3.01. The Kier molecular flexibility index (Phi) is 3.26. The topological polar surface area (TPSA) is 45.1 Å². The summed E-state index contributed by atoms with van der Waals surface area (Å²) in [5.74, 6) is -0.545. The second kappa shape index (κ2) is 5.07. The summed E-state index contributed by atoms with van der Waals surface area (Å²) in [7, 11) is 0. The number of hydroxylamine groups is 1. The van der Waals surface area contributed by atoms with Gasteiger partial charge >= 0.3 is 0 Å². The lowest BCUT2D eigenvalue weighted by atomic mass is 10.2. The number of rotatable bonds is 2. The van der Waals surface area contributed by atoms with Crippen LogP contribution in [0.4, 0.5) is 11.4 Å². The maximum absolute atomic E-state index is 10.1. The van der Waals surface area contributed by atoms with Crippen LogP contribution in [0.5, 0.6) is 0 Å². The van der Waals surface area contributed by atoms with Gasteiger partial charge in [-0.1, -0.05) is 36.4 Å². The van der Waals surface area contributed by atoms with Crippen LogP contribution in [0, 0.1) is 0 Å². The number of hydrogen-bond acceptors (Lipinski definition) is 3. The molecular formula is C16H16N2O2. The van der Waals surface area contributed by atoms with E-state index in [1.54, 1.807) is 12.0 Å². The second-order valence-electron chi connectivity index (χ2n) is 4.94. The molecule has 1 saturated heterocycles. The van der Waals surface area contributed by atoms with Gasteiger partial charge in [-0.15, -0.1) is 0 Å². The fourth-order valence-electron chi connectivity index (χ4n) is 2.15. The van der Waals surface area contributed by atoms with E-state index < -0.39 is 5.79 Å². The van der Waals surface area contributed by atoms with Crippen molar-refractivity contribution in [3.05, 3.63) is 60.7 Å². The second-order valence-corrected chi connectivity index (χ2v) is 4.94. The van der Waals surface area contributed by atoms with Crippen molar-refractivity contribution < 1.29 is 9.94 Å². The summed E-state index contributed by atoms with van der Waals surface area (Å²) in [6, 6.07) is 19.3. The van der Waals surface area contributed by atoms with Gasteiger partial charge in [0.1, 0.15) is 5.84 Å². The van der Waals surface area contributed by atoms with E-state index in [2.05, 4.69) is 4.99 Å². The average molecular weight is 268 g/mol. The zero-order valence-corrected chi connectivity index (χ0v) is 11.2. The van der Waals surface area contributed by atoms with E-state index >= 15 is 0 Å². The molecule has 4 heteroatoms. The van der Waals surface area contributed by atoms with Crippen molar-refractivity contribution in [2.75, 3.05) is 5.06 Å². The molecule has 3 rings (SSSR count). The smallest absolute Gasteiger partial charge is 0.196 e. The summed E-state index contributed by atoms with van der Waals surface area (Å²) >= 11 is 0. The third kappa shape index (κ3) is 2.71. The molecule has 0 radical (unpaired) electrons. The number of aliphatic hydroxyl groups is 1. The molecule has 0 spiro atoms. The van der Waals surface area contributed by atoms with E-state index in [0.29, 0.717) is 12.3 Å². The molecule has 4 nitrogen and oxygen atoms in total. The van der Waals surface area contributed by atoms with E-state index in [4.69, 9.17) is 4.84 Å². The highest BCUT2D eigenvalue weighted by Gasteiger charge is 2.38. The average Bonchev–Trinajstić information content (AvgIpc) is 2.76. The maximum Gasteiger partial charge on any atom is 0.196 e. The fraction of sp³-hybridized carbons (Fsp3) is 0.188. The molecule has 1 aliphatic heterocycles. The minimum atomic E-state index is -1.23. The Morgan fingerprint density at radius 3 is 2.30 bits per heavy atom. The van der Waals surface area contributed by atoms with Crippen LogP contribution in [-0.4, -0.2) is 16.7 Å². The van der Waals surface area contributed by atoms with Crippen LogP contribution in [0.25, 0.3) is 0 Å². The molecule has 1 heterocycles. The van der Waals surface area contributed by atoms with Crippen LogP contribution in [0.2, 0.25) is 0 Å². The van der Waals surface area contributed by atoms with Crippen molar-refractivity contribution in [3.8, 4) is 0 Å². The maximum atomic E-state index is 10.1. The first-order valence-electron chi connectivity index (χ1n) is 6.53. The zero-order chi connectivity index (χ0) is 14.0. The van der Waals surface area contributed by atoms with Gasteiger partial charge in [0, 0.05) is 0 Å². The molecule has 2 aromatic carbocycles. The van der Waals surface area contributed by atoms with Gasteiger partial charge in [0.25, 0.3) is 0 Å². The first-order chi connectivity index (χ1) is 9.64. The van der Waals surface area contributed by atoms with Crippen molar-refractivity contribution in [1.29, 1.82) is 0 Å². The quantitative estimate of drug-likeness (QED) is 0.909. The van der Waals surface area contributed by atoms with Gasteiger partial charge in [-0.05, 0) is 31.2 Å². The molecule has 0 amide bonds. The normalized spacial score (nSPS) is 24.3. The lowest BCUT2D eigenvalue weighted by Gasteiger charge is -2.20. The van der Waals surface area contributed by atoms with Crippen molar-refractivity contribution in [1.82, 2.24) is 0 Å². The predicted molar refractivity (Wildman–Crippen MR) is 78.8 cm³/mol. The molecule has 1 N–H and O–H groups in total. The van der Waals surface area contributed by atoms with Gasteiger partial charge in [0.2, 0.25) is 0 Å². The Labute approximate surface area is 117 Å². The molecule has 0 saturated carbocycles. The molecule has 1 atom stereocenters. The highest BCUT2D eigenvalue weighted by Crippen LogP contribution is 2.31. The molecule has 1 unspecified atom stereocenters. The molecule has 20 heavy (non-hydrogen) atoms. The van der Waals surface area contributed by atoms with E-state index in [9.17, 15) is 5.11 Å². The van der Waals surface area contributed by atoms with Crippen LogP contribution >= 0.6 is 0 Å². The first-order valence-corrected chi connectivity index (χ1v) is 6.53. The van der Waals surface area contributed by atoms with Crippen LogP contribution in [0.3, 0.4) is 0 Å². The van der Waals surface area contributed by atoms with Crippen LogP contribution in [0.1, 0.15) is 13.3 Å². The van der Waals surface area contributed by atoms with Gasteiger partial charge in [-0.3, -0.25) is 0 Å². The van der Waals surface area contributed by atoms with E-state index in [-0.39, 0.29) is 0 Å². The molecule has 0 aliphatic carbocycles. The summed E-state index contributed by atoms with van der Waals surface area (Å²) < 4.78 is 0. The number of aliphatic imine (C=N–C) groups is 1. The number of hydrogen-bond donors (Lipinski definition) is 1. The predicted octanol–water partition coefficient (Wildman–Crippen LogP) is 3.27. The first kappa shape index (κ1) is 12.8. The molecule has 0 bridgehead atoms.